The van der Waals surface area contributed by atoms with Crippen molar-refractivity contribution in [3.05, 3.63) is 99.9 Å². The normalized spacial score (nSPS) is 11.4. The Hall–Kier alpha value is -4.55. The summed E-state index contributed by atoms with van der Waals surface area (Å²) >= 11 is 2.54. The third-order valence-corrected chi connectivity index (χ3v) is 7.41. The van der Waals surface area contributed by atoms with Gasteiger partial charge >= 0.3 is 5.97 Å². The Balaban J connectivity index is 1.47. The Morgan fingerprint density at radius 3 is 2.41 bits per heavy atom. The first-order valence-electron chi connectivity index (χ1n) is 11.6. The zero-order valence-corrected chi connectivity index (χ0v) is 21.9. The molecule has 1 aromatic heterocycles. The molecule has 0 aliphatic carbocycles. The van der Waals surface area contributed by atoms with Gasteiger partial charge in [-0.05, 0) is 29.8 Å². The van der Waals surface area contributed by atoms with Crippen LogP contribution in [0, 0.1) is 10.1 Å². The second kappa shape index (κ2) is 12.8. The van der Waals surface area contributed by atoms with Gasteiger partial charge in [-0.25, -0.2) is 4.98 Å². The highest BCUT2D eigenvalue weighted by molar-refractivity contribution is 8.00. The summed E-state index contributed by atoms with van der Waals surface area (Å²) in [7, 11) is 0. The van der Waals surface area contributed by atoms with Crippen molar-refractivity contribution < 1.29 is 24.4 Å². The number of nitrogens with one attached hydrogen (secondary N) is 2. The van der Waals surface area contributed by atoms with Crippen molar-refractivity contribution in [1.82, 2.24) is 4.98 Å². The van der Waals surface area contributed by atoms with Gasteiger partial charge < -0.3 is 15.7 Å². The second-order valence-corrected chi connectivity index (χ2v) is 10.2. The molecule has 1 unspecified atom stereocenters. The Morgan fingerprint density at radius 2 is 1.72 bits per heavy atom. The Morgan fingerprint density at radius 1 is 0.974 bits per heavy atom. The lowest BCUT2D eigenvalue weighted by molar-refractivity contribution is -0.384. The number of non-ortho nitro benzene ring substituents is 1. The van der Waals surface area contributed by atoms with Gasteiger partial charge in [-0.2, -0.15) is 0 Å². The highest BCUT2D eigenvalue weighted by Crippen LogP contribution is 2.37. The topological polar surface area (TPSA) is 152 Å². The van der Waals surface area contributed by atoms with E-state index in [4.69, 9.17) is 5.11 Å². The van der Waals surface area contributed by atoms with Crippen LogP contribution in [0.1, 0.15) is 23.7 Å². The highest BCUT2D eigenvalue weighted by atomic mass is 32.2. The lowest BCUT2D eigenvalue weighted by Crippen LogP contribution is -2.19. The number of nitro benzene ring substituents is 1. The quantitative estimate of drug-likeness (QED) is 0.114. The first-order valence-corrected chi connectivity index (χ1v) is 13.4. The van der Waals surface area contributed by atoms with Crippen molar-refractivity contribution in [3.63, 3.8) is 0 Å². The number of carbonyl (C=O) groups is 3. The molecule has 12 heteroatoms. The van der Waals surface area contributed by atoms with Crippen LogP contribution in [-0.4, -0.2) is 32.8 Å². The summed E-state index contributed by atoms with van der Waals surface area (Å²) in [5.74, 6) is -1.73. The molecule has 0 fully saturated rings. The molecule has 3 aromatic carbocycles. The van der Waals surface area contributed by atoms with Gasteiger partial charge in [0.25, 0.3) is 5.69 Å². The van der Waals surface area contributed by atoms with Crippen molar-refractivity contribution in [2.75, 3.05) is 10.6 Å². The van der Waals surface area contributed by atoms with Crippen molar-refractivity contribution in [1.29, 1.82) is 0 Å². The van der Waals surface area contributed by atoms with Crippen molar-refractivity contribution in [2.24, 2.45) is 0 Å². The van der Waals surface area contributed by atoms with E-state index in [0.29, 0.717) is 22.1 Å². The molecule has 1 heterocycles. The number of amides is 2. The van der Waals surface area contributed by atoms with E-state index < -0.39 is 22.0 Å². The smallest absolute Gasteiger partial charge is 0.303 e. The summed E-state index contributed by atoms with van der Waals surface area (Å²) in [6.45, 7) is 0. The van der Waals surface area contributed by atoms with Crippen molar-refractivity contribution in [3.8, 4) is 11.3 Å². The molecule has 0 spiro atoms. The molecule has 3 N–H and O–H groups in total. The number of thioether (sulfide) groups is 1. The molecule has 4 aromatic rings. The number of anilines is 2. The monoisotopic (exact) mass is 562 g/mol. The van der Waals surface area contributed by atoms with Gasteiger partial charge in [-0.1, -0.05) is 42.5 Å². The number of carboxylic acid groups (broad SMARTS) is 1. The van der Waals surface area contributed by atoms with E-state index in [1.54, 1.807) is 41.8 Å². The van der Waals surface area contributed by atoms with Gasteiger partial charge in [0.15, 0.2) is 5.13 Å². The molecular weight excluding hydrogens is 540 g/mol. The summed E-state index contributed by atoms with van der Waals surface area (Å²) in [4.78, 5) is 51.8. The fraction of sp³-hybridized carbons (Fsp3) is 0.111. The number of benzene rings is 3. The van der Waals surface area contributed by atoms with Crippen LogP contribution in [0.2, 0.25) is 0 Å². The standard InChI is InChI=1S/C27H22N4O6S2/c32-23(13-14-24(33)34)28-19-9-11-21(12-10-19)39-25(17-5-2-1-3-6-17)26(35)30-27-29-22(16-38-27)18-7-4-8-20(15-18)31(36)37/h1-12,15-16,25H,13-14H2,(H,28,32)(H,33,34)(H,29,30,35). The summed E-state index contributed by atoms with van der Waals surface area (Å²) in [6.07, 6.45) is -0.374. The SMILES string of the molecule is O=C(O)CCC(=O)Nc1ccc(SC(C(=O)Nc2nc(-c3cccc([N+](=O)[O-])c3)cs2)c2ccccc2)cc1. The maximum Gasteiger partial charge on any atom is 0.303 e. The first kappa shape index (κ1) is 27.5. The number of carbonyl (C=O) groups excluding carboxylic acids is 2. The van der Waals surface area contributed by atoms with E-state index >= 15 is 0 Å². The third-order valence-electron chi connectivity index (χ3n) is 5.39. The number of thiazole rings is 1. The average Bonchev–Trinajstić information content (AvgIpc) is 3.40. The molecule has 39 heavy (non-hydrogen) atoms. The lowest BCUT2D eigenvalue weighted by atomic mass is 10.1. The number of hydrogen-bond donors (Lipinski definition) is 3. The number of rotatable bonds is 11. The van der Waals surface area contributed by atoms with Gasteiger partial charge in [0, 0.05) is 40.1 Å². The van der Waals surface area contributed by atoms with Crippen LogP contribution in [-0.2, 0) is 14.4 Å². The predicted molar refractivity (Wildman–Crippen MR) is 150 cm³/mol. The molecule has 10 nitrogen and oxygen atoms in total. The Bertz CT molecular complexity index is 1490. The molecule has 198 valence electrons. The van der Waals surface area contributed by atoms with Crippen LogP contribution in [0.4, 0.5) is 16.5 Å². The maximum atomic E-state index is 13.4. The summed E-state index contributed by atoms with van der Waals surface area (Å²) < 4.78 is 0. The molecule has 0 saturated carbocycles. The molecule has 0 aliphatic rings. The van der Waals surface area contributed by atoms with Crippen molar-refractivity contribution >= 4 is 57.4 Å². The lowest BCUT2D eigenvalue weighted by Gasteiger charge is -2.16. The fourth-order valence-electron chi connectivity index (χ4n) is 3.51. The molecular formula is C27H22N4O6S2. The summed E-state index contributed by atoms with van der Waals surface area (Å²) in [5, 5.41) is 26.8. The Kier molecular flexibility index (Phi) is 9.02. The van der Waals surface area contributed by atoms with Gasteiger partial charge in [0.1, 0.15) is 5.25 Å². The van der Waals surface area contributed by atoms with Gasteiger partial charge in [-0.3, -0.25) is 24.5 Å². The van der Waals surface area contributed by atoms with Gasteiger partial charge in [0.05, 0.1) is 17.0 Å². The van der Waals surface area contributed by atoms with Crippen LogP contribution >= 0.6 is 23.1 Å². The third kappa shape index (κ3) is 7.72. The van der Waals surface area contributed by atoms with Crippen LogP contribution in [0.3, 0.4) is 0 Å². The number of carboxylic acids is 1. The number of nitrogens with zero attached hydrogens (tertiary/aromatic N) is 2. The van der Waals surface area contributed by atoms with E-state index in [0.717, 1.165) is 10.5 Å². The second-order valence-electron chi connectivity index (χ2n) is 8.21. The van der Waals surface area contributed by atoms with E-state index in [1.807, 2.05) is 30.3 Å². The van der Waals surface area contributed by atoms with E-state index in [1.165, 1.54) is 35.2 Å². The number of hydrogen-bond acceptors (Lipinski definition) is 8. The summed E-state index contributed by atoms with van der Waals surface area (Å²) in [6, 6.07) is 22.3. The molecule has 0 bridgehead atoms. The van der Waals surface area contributed by atoms with Crippen LogP contribution < -0.4 is 10.6 Å². The number of nitro groups is 1. The van der Waals surface area contributed by atoms with E-state index in [-0.39, 0.29) is 24.4 Å². The summed E-state index contributed by atoms with van der Waals surface area (Å²) in [5.41, 5.74) is 2.35. The Labute approximate surface area is 231 Å². The van der Waals surface area contributed by atoms with Gasteiger partial charge in [0.2, 0.25) is 11.8 Å². The van der Waals surface area contributed by atoms with E-state index in [9.17, 15) is 24.5 Å². The van der Waals surface area contributed by atoms with Gasteiger partial charge in [-0.15, -0.1) is 23.1 Å². The van der Waals surface area contributed by atoms with Crippen LogP contribution in [0.15, 0.2) is 89.1 Å². The zero-order valence-electron chi connectivity index (χ0n) is 20.3. The highest BCUT2D eigenvalue weighted by Gasteiger charge is 2.23. The van der Waals surface area contributed by atoms with Crippen LogP contribution in [0.25, 0.3) is 11.3 Å². The molecule has 0 aliphatic heterocycles. The predicted octanol–water partition coefficient (Wildman–Crippen LogP) is 5.99. The minimum atomic E-state index is -1.04. The largest absolute Gasteiger partial charge is 0.481 e. The average molecular weight is 563 g/mol. The zero-order chi connectivity index (χ0) is 27.8. The van der Waals surface area contributed by atoms with E-state index in [2.05, 4.69) is 15.6 Å². The molecule has 0 radical (unpaired) electrons. The molecule has 1 atom stereocenters. The maximum absolute atomic E-state index is 13.4. The van der Waals surface area contributed by atoms with Crippen molar-refractivity contribution in [2.45, 2.75) is 23.0 Å². The number of aromatic nitrogens is 1. The minimum Gasteiger partial charge on any atom is -0.481 e. The first-order chi connectivity index (χ1) is 18.8. The minimum absolute atomic E-state index is 0.0440. The van der Waals surface area contributed by atoms with Crippen LogP contribution in [0.5, 0.6) is 0 Å². The molecule has 2 amide bonds. The molecule has 4 rings (SSSR count). The molecule has 0 saturated heterocycles. The number of aliphatic carboxylic acids is 1. The fourth-order valence-corrected chi connectivity index (χ4v) is 5.26.